The van der Waals surface area contributed by atoms with E-state index in [-0.39, 0.29) is 11.8 Å². The maximum absolute atomic E-state index is 11.2. The van der Waals surface area contributed by atoms with Gasteiger partial charge in [-0.3, -0.25) is 0 Å². The van der Waals surface area contributed by atoms with Gasteiger partial charge in [-0.1, -0.05) is 6.07 Å². The Kier molecular flexibility index (Phi) is 3.18. The number of morpholine rings is 1. The summed E-state index contributed by atoms with van der Waals surface area (Å²) in [6.07, 6.45) is 2.48. The summed E-state index contributed by atoms with van der Waals surface area (Å²) in [5, 5.41) is 12.4. The second-order valence-electron chi connectivity index (χ2n) is 4.54. The predicted molar refractivity (Wildman–Crippen MR) is 68.5 cm³/mol. The average molecular weight is 261 g/mol. The number of aromatic nitrogens is 2. The number of fused-ring (bicyclic) bond motifs is 1. The van der Waals surface area contributed by atoms with Crippen molar-refractivity contribution in [3.05, 3.63) is 35.9 Å². The van der Waals surface area contributed by atoms with Crippen LogP contribution in [0.25, 0.3) is 5.52 Å². The summed E-state index contributed by atoms with van der Waals surface area (Å²) < 4.78 is 7.46. The molecule has 2 aromatic rings. The molecular formula is C13H15N3O3. The Bertz CT molecular complexity index is 602. The van der Waals surface area contributed by atoms with E-state index in [1.807, 2.05) is 22.7 Å². The van der Waals surface area contributed by atoms with Gasteiger partial charge in [-0.15, -0.1) is 0 Å². The quantitative estimate of drug-likeness (QED) is 0.844. The molecule has 0 bridgehead atoms. The Balaban J connectivity index is 1.96. The van der Waals surface area contributed by atoms with E-state index in [4.69, 9.17) is 4.74 Å². The van der Waals surface area contributed by atoms with Gasteiger partial charge in [0.05, 0.1) is 18.2 Å². The fourth-order valence-corrected chi connectivity index (χ4v) is 2.36. The average Bonchev–Trinajstić information content (AvgIpc) is 2.79. The minimum Gasteiger partial charge on any atom is -0.476 e. The number of nitrogens with zero attached hydrogens (tertiary/aromatic N) is 2. The Hall–Kier alpha value is -1.92. The molecule has 3 rings (SSSR count). The lowest BCUT2D eigenvalue weighted by Gasteiger charge is -2.22. The normalized spacial score (nSPS) is 19.7. The van der Waals surface area contributed by atoms with Gasteiger partial charge in [0.2, 0.25) is 0 Å². The Morgan fingerprint density at radius 2 is 2.47 bits per heavy atom. The van der Waals surface area contributed by atoms with Crippen molar-refractivity contribution < 1.29 is 14.6 Å². The first-order valence-electron chi connectivity index (χ1n) is 6.27. The summed E-state index contributed by atoms with van der Waals surface area (Å²) in [4.78, 5) is 15.4. The van der Waals surface area contributed by atoms with E-state index >= 15 is 0 Å². The number of aromatic carboxylic acids is 1. The molecule has 0 saturated carbocycles. The minimum absolute atomic E-state index is 0.0428. The zero-order valence-electron chi connectivity index (χ0n) is 10.4. The Morgan fingerprint density at radius 3 is 3.21 bits per heavy atom. The molecule has 0 aliphatic carbocycles. The third-order valence-corrected chi connectivity index (χ3v) is 3.24. The van der Waals surface area contributed by atoms with Crippen LogP contribution in [0.4, 0.5) is 0 Å². The first-order valence-corrected chi connectivity index (χ1v) is 6.27. The molecule has 2 aromatic heterocycles. The molecule has 6 nitrogen and oxygen atoms in total. The Labute approximate surface area is 110 Å². The molecule has 1 aliphatic rings. The van der Waals surface area contributed by atoms with Crippen LogP contribution in [0.5, 0.6) is 0 Å². The number of carboxylic acid groups (broad SMARTS) is 1. The van der Waals surface area contributed by atoms with E-state index < -0.39 is 5.97 Å². The van der Waals surface area contributed by atoms with Gasteiger partial charge >= 0.3 is 5.97 Å². The third-order valence-electron chi connectivity index (χ3n) is 3.24. The standard InChI is InChI=1S/C13H15N3O3/c17-13(18)12-10-3-1-2-5-16(10)11(15-12)7-9-8-14-4-6-19-9/h1-3,5,9,14H,4,6-8H2,(H,17,18). The van der Waals surface area contributed by atoms with Crippen LogP contribution in [0.2, 0.25) is 0 Å². The summed E-state index contributed by atoms with van der Waals surface area (Å²) in [6.45, 7) is 2.31. The molecule has 2 N–H and O–H groups in total. The van der Waals surface area contributed by atoms with Crippen molar-refractivity contribution in [2.24, 2.45) is 0 Å². The second kappa shape index (κ2) is 4.99. The van der Waals surface area contributed by atoms with Crippen LogP contribution >= 0.6 is 0 Å². The van der Waals surface area contributed by atoms with E-state index in [1.165, 1.54) is 0 Å². The van der Waals surface area contributed by atoms with Crippen LogP contribution < -0.4 is 5.32 Å². The molecule has 1 atom stereocenters. The molecule has 1 aliphatic heterocycles. The van der Waals surface area contributed by atoms with Crippen LogP contribution in [0.15, 0.2) is 24.4 Å². The van der Waals surface area contributed by atoms with Crippen molar-refractivity contribution in [1.29, 1.82) is 0 Å². The highest BCUT2D eigenvalue weighted by molar-refractivity contribution is 5.93. The molecule has 19 heavy (non-hydrogen) atoms. The SMILES string of the molecule is O=C(O)c1nc(CC2CNCCO2)n2ccccc12. The summed E-state index contributed by atoms with van der Waals surface area (Å²) in [5.74, 6) is -0.278. The van der Waals surface area contributed by atoms with Crippen molar-refractivity contribution in [3.63, 3.8) is 0 Å². The molecule has 6 heteroatoms. The highest BCUT2D eigenvalue weighted by atomic mass is 16.5. The Morgan fingerprint density at radius 1 is 1.58 bits per heavy atom. The van der Waals surface area contributed by atoms with Gasteiger partial charge in [0.1, 0.15) is 5.82 Å². The van der Waals surface area contributed by atoms with Crippen LogP contribution in [-0.2, 0) is 11.2 Å². The number of carboxylic acids is 1. The van der Waals surface area contributed by atoms with Gasteiger partial charge in [0.25, 0.3) is 0 Å². The molecule has 1 unspecified atom stereocenters. The van der Waals surface area contributed by atoms with Crippen molar-refractivity contribution in [1.82, 2.24) is 14.7 Å². The zero-order chi connectivity index (χ0) is 13.2. The number of imidazole rings is 1. The first kappa shape index (κ1) is 12.1. The minimum atomic E-state index is -1.00. The van der Waals surface area contributed by atoms with Crippen LogP contribution in [0, 0.1) is 0 Å². The molecular weight excluding hydrogens is 246 g/mol. The number of hydrogen-bond donors (Lipinski definition) is 2. The third kappa shape index (κ3) is 2.32. The molecule has 1 saturated heterocycles. The van der Waals surface area contributed by atoms with Crippen LogP contribution in [0.3, 0.4) is 0 Å². The van der Waals surface area contributed by atoms with E-state index in [2.05, 4.69) is 10.3 Å². The monoisotopic (exact) mass is 261 g/mol. The lowest BCUT2D eigenvalue weighted by atomic mass is 10.2. The number of carbonyl (C=O) groups is 1. The van der Waals surface area contributed by atoms with E-state index in [9.17, 15) is 9.90 Å². The summed E-state index contributed by atoms with van der Waals surface area (Å²) >= 11 is 0. The van der Waals surface area contributed by atoms with Crippen LogP contribution in [-0.4, -0.2) is 46.3 Å². The maximum atomic E-state index is 11.2. The molecule has 0 aromatic carbocycles. The number of hydrogen-bond acceptors (Lipinski definition) is 4. The highest BCUT2D eigenvalue weighted by Gasteiger charge is 2.20. The largest absolute Gasteiger partial charge is 0.476 e. The lowest BCUT2D eigenvalue weighted by Crippen LogP contribution is -2.39. The van der Waals surface area contributed by atoms with Crippen molar-refractivity contribution in [2.45, 2.75) is 12.5 Å². The first-order chi connectivity index (χ1) is 9.25. The summed E-state index contributed by atoms with van der Waals surface area (Å²) in [5.41, 5.74) is 0.716. The second-order valence-corrected chi connectivity index (χ2v) is 4.54. The molecule has 3 heterocycles. The maximum Gasteiger partial charge on any atom is 0.356 e. The number of rotatable bonds is 3. The summed E-state index contributed by atoms with van der Waals surface area (Å²) in [7, 11) is 0. The van der Waals surface area contributed by atoms with Gasteiger partial charge in [0.15, 0.2) is 5.69 Å². The van der Waals surface area contributed by atoms with Crippen molar-refractivity contribution >= 4 is 11.5 Å². The topological polar surface area (TPSA) is 75.9 Å². The van der Waals surface area contributed by atoms with Crippen LogP contribution in [0.1, 0.15) is 16.3 Å². The molecule has 0 radical (unpaired) electrons. The number of ether oxygens (including phenoxy) is 1. The zero-order valence-corrected chi connectivity index (χ0v) is 10.4. The van der Waals surface area contributed by atoms with Gasteiger partial charge in [-0.05, 0) is 12.1 Å². The molecule has 0 spiro atoms. The lowest BCUT2D eigenvalue weighted by molar-refractivity contribution is 0.0279. The van der Waals surface area contributed by atoms with E-state index in [0.29, 0.717) is 18.5 Å². The highest BCUT2D eigenvalue weighted by Crippen LogP contribution is 2.15. The fraction of sp³-hybridized carbons (Fsp3) is 0.385. The smallest absolute Gasteiger partial charge is 0.356 e. The van der Waals surface area contributed by atoms with Gasteiger partial charge in [-0.2, -0.15) is 0 Å². The van der Waals surface area contributed by atoms with Crippen molar-refractivity contribution in [2.75, 3.05) is 19.7 Å². The predicted octanol–water partition coefficient (Wildman–Crippen LogP) is 0.563. The molecule has 100 valence electrons. The number of nitrogens with one attached hydrogen (secondary N) is 1. The fourth-order valence-electron chi connectivity index (χ4n) is 2.36. The van der Waals surface area contributed by atoms with E-state index in [0.717, 1.165) is 18.9 Å². The van der Waals surface area contributed by atoms with Gasteiger partial charge in [0, 0.05) is 25.7 Å². The van der Waals surface area contributed by atoms with Gasteiger partial charge < -0.3 is 19.6 Å². The van der Waals surface area contributed by atoms with Crippen molar-refractivity contribution in [3.8, 4) is 0 Å². The molecule has 1 fully saturated rings. The van der Waals surface area contributed by atoms with Gasteiger partial charge in [-0.25, -0.2) is 9.78 Å². The molecule has 0 amide bonds. The number of pyridine rings is 1. The summed E-state index contributed by atoms with van der Waals surface area (Å²) in [6, 6.07) is 5.44. The van der Waals surface area contributed by atoms with E-state index in [1.54, 1.807) is 6.07 Å².